The van der Waals surface area contributed by atoms with Crippen LogP contribution in [0.4, 0.5) is 5.69 Å². The van der Waals surface area contributed by atoms with Gasteiger partial charge in [0, 0.05) is 6.20 Å². The fourth-order valence-corrected chi connectivity index (χ4v) is 1.51. The third kappa shape index (κ3) is 2.32. The summed E-state index contributed by atoms with van der Waals surface area (Å²) in [6.45, 7) is 3.96. The van der Waals surface area contributed by atoms with Crippen LogP contribution in [0.2, 0.25) is 0 Å². The highest BCUT2D eigenvalue weighted by Crippen LogP contribution is 2.14. The maximum atomic E-state index is 11.6. The van der Waals surface area contributed by atoms with Crippen molar-refractivity contribution in [1.29, 1.82) is 0 Å². The quantitative estimate of drug-likeness (QED) is 0.826. The minimum atomic E-state index is -0.526. The average Bonchev–Trinajstić information content (AvgIpc) is 2.72. The van der Waals surface area contributed by atoms with Gasteiger partial charge in [-0.2, -0.15) is 5.10 Å². The topological polar surface area (TPSA) is 83.0 Å². The van der Waals surface area contributed by atoms with Crippen molar-refractivity contribution in [3.05, 3.63) is 35.8 Å². The lowest BCUT2D eigenvalue weighted by Gasteiger charge is -2.00. The van der Waals surface area contributed by atoms with Crippen molar-refractivity contribution in [3.8, 4) is 5.82 Å². The highest BCUT2D eigenvalue weighted by Gasteiger charge is 2.16. The number of esters is 1. The summed E-state index contributed by atoms with van der Waals surface area (Å²) in [6.07, 6.45) is 3.22. The smallest absolute Gasteiger partial charge is 0.361 e. The van der Waals surface area contributed by atoms with E-state index in [4.69, 9.17) is 10.5 Å². The molecule has 0 amide bonds. The van der Waals surface area contributed by atoms with Crippen LogP contribution in [0.3, 0.4) is 0 Å². The molecule has 0 unspecified atom stereocenters. The van der Waals surface area contributed by atoms with Crippen molar-refractivity contribution in [3.63, 3.8) is 0 Å². The first-order valence-electron chi connectivity index (χ1n) is 5.57. The summed E-state index contributed by atoms with van der Waals surface area (Å²) in [5.41, 5.74) is 7.17. The average molecular weight is 246 g/mol. The molecule has 0 aliphatic heterocycles. The highest BCUT2D eigenvalue weighted by atomic mass is 16.5. The molecule has 0 atom stereocenters. The SMILES string of the molecule is CCOC(=O)c1nn(-c2cc(C)ccn2)cc1N. The van der Waals surface area contributed by atoms with Crippen LogP contribution in [0, 0.1) is 6.92 Å². The maximum absolute atomic E-state index is 11.6. The molecule has 0 saturated heterocycles. The first-order valence-corrected chi connectivity index (χ1v) is 5.57. The van der Waals surface area contributed by atoms with E-state index in [-0.39, 0.29) is 18.0 Å². The molecule has 6 nitrogen and oxygen atoms in total. The van der Waals surface area contributed by atoms with Crippen LogP contribution in [0.5, 0.6) is 0 Å². The molecule has 0 saturated carbocycles. The van der Waals surface area contributed by atoms with E-state index in [0.29, 0.717) is 5.82 Å². The summed E-state index contributed by atoms with van der Waals surface area (Å²) in [5, 5.41) is 4.09. The van der Waals surface area contributed by atoms with Gasteiger partial charge >= 0.3 is 5.97 Å². The predicted octanol–water partition coefficient (Wildman–Crippen LogP) is 1.33. The van der Waals surface area contributed by atoms with Crippen LogP contribution in [0.1, 0.15) is 23.0 Å². The molecule has 2 aromatic rings. The summed E-state index contributed by atoms with van der Waals surface area (Å²) >= 11 is 0. The largest absolute Gasteiger partial charge is 0.461 e. The molecular formula is C12H14N4O2. The summed E-state index contributed by atoms with van der Waals surface area (Å²) in [5.74, 6) is 0.0821. The van der Waals surface area contributed by atoms with Crippen molar-refractivity contribution in [1.82, 2.24) is 14.8 Å². The van der Waals surface area contributed by atoms with Gasteiger partial charge in [0.2, 0.25) is 0 Å². The molecular weight excluding hydrogens is 232 g/mol. The Bertz CT molecular complexity index is 577. The number of nitrogen functional groups attached to an aromatic ring is 1. The summed E-state index contributed by atoms with van der Waals surface area (Å²) < 4.78 is 6.33. The molecule has 0 radical (unpaired) electrons. The monoisotopic (exact) mass is 246 g/mol. The van der Waals surface area contributed by atoms with E-state index in [1.807, 2.05) is 19.1 Å². The van der Waals surface area contributed by atoms with E-state index in [1.165, 1.54) is 4.68 Å². The van der Waals surface area contributed by atoms with Gasteiger partial charge in [-0.25, -0.2) is 14.5 Å². The number of ether oxygens (including phenoxy) is 1. The van der Waals surface area contributed by atoms with Gasteiger partial charge in [0.1, 0.15) is 0 Å². The van der Waals surface area contributed by atoms with Crippen molar-refractivity contribution in [2.24, 2.45) is 0 Å². The van der Waals surface area contributed by atoms with E-state index in [1.54, 1.807) is 19.3 Å². The number of nitrogens with two attached hydrogens (primary N) is 1. The number of carbonyl (C=O) groups is 1. The van der Waals surface area contributed by atoms with Gasteiger partial charge < -0.3 is 10.5 Å². The second kappa shape index (κ2) is 4.87. The zero-order valence-corrected chi connectivity index (χ0v) is 10.3. The second-order valence-electron chi connectivity index (χ2n) is 3.79. The van der Waals surface area contributed by atoms with Gasteiger partial charge in [-0.05, 0) is 31.5 Å². The Hall–Kier alpha value is -2.37. The number of aromatic nitrogens is 3. The number of aryl methyl sites for hydroxylation is 1. The lowest BCUT2D eigenvalue weighted by molar-refractivity contribution is 0.0520. The summed E-state index contributed by atoms with van der Waals surface area (Å²) in [7, 11) is 0. The first kappa shape index (κ1) is 12.1. The van der Waals surface area contributed by atoms with E-state index in [0.717, 1.165) is 5.56 Å². The van der Waals surface area contributed by atoms with Gasteiger partial charge in [0.25, 0.3) is 0 Å². The molecule has 0 fully saturated rings. The Morgan fingerprint density at radius 1 is 1.56 bits per heavy atom. The molecule has 2 aromatic heterocycles. The number of carbonyl (C=O) groups excluding carboxylic acids is 1. The minimum Gasteiger partial charge on any atom is -0.461 e. The third-order valence-electron chi connectivity index (χ3n) is 2.35. The van der Waals surface area contributed by atoms with Crippen LogP contribution in [-0.2, 0) is 4.74 Å². The lowest BCUT2D eigenvalue weighted by Crippen LogP contribution is -2.08. The third-order valence-corrected chi connectivity index (χ3v) is 2.35. The number of pyridine rings is 1. The fourth-order valence-electron chi connectivity index (χ4n) is 1.51. The molecule has 2 heterocycles. The normalized spacial score (nSPS) is 10.3. The van der Waals surface area contributed by atoms with Crippen LogP contribution >= 0.6 is 0 Å². The Morgan fingerprint density at radius 3 is 3.00 bits per heavy atom. The van der Waals surface area contributed by atoms with E-state index in [2.05, 4.69) is 10.1 Å². The zero-order valence-electron chi connectivity index (χ0n) is 10.3. The van der Waals surface area contributed by atoms with Gasteiger partial charge in [0.15, 0.2) is 11.5 Å². The number of hydrogen-bond donors (Lipinski definition) is 1. The molecule has 2 N–H and O–H groups in total. The van der Waals surface area contributed by atoms with Crippen LogP contribution < -0.4 is 5.73 Å². The molecule has 6 heteroatoms. The number of nitrogens with zero attached hydrogens (tertiary/aromatic N) is 3. The molecule has 0 bridgehead atoms. The van der Waals surface area contributed by atoms with Crippen LogP contribution in [0.25, 0.3) is 5.82 Å². The Balaban J connectivity index is 2.37. The van der Waals surface area contributed by atoms with Crippen LogP contribution in [0.15, 0.2) is 24.5 Å². The van der Waals surface area contributed by atoms with Crippen LogP contribution in [-0.4, -0.2) is 27.3 Å². The highest BCUT2D eigenvalue weighted by molar-refractivity contribution is 5.92. The molecule has 0 aliphatic rings. The summed E-state index contributed by atoms with van der Waals surface area (Å²) in [6, 6.07) is 3.73. The second-order valence-corrected chi connectivity index (χ2v) is 3.79. The number of hydrogen-bond acceptors (Lipinski definition) is 5. The van der Waals surface area contributed by atoms with E-state index in [9.17, 15) is 4.79 Å². The van der Waals surface area contributed by atoms with Gasteiger partial charge in [0.05, 0.1) is 18.5 Å². The van der Waals surface area contributed by atoms with Gasteiger partial charge in [-0.3, -0.25) is 0 Å². The van der Waals surface area contributed by atoms with Crippen molar-refractivity contribution >= 4 is 11.7 Å². The van der Waals surface area contributed by atoms with Crippen molar-refractivity contribution in [2.45, 2.75) is 13.8 Å². The maximum Gasteiger partial charge on any atom is 0.361 e. The fraction of sp³-hybridized carbons (Fsp3) is 0.250. The van der Waals surface area contributed by atoms with Crippen molar-refractivity contribution < 1.29 is 9.53 Å². The van der Waals surface area contributed by atoms with Gasteiger partial charge in [-0.15, -0.1) is 0 Å². The predicted molar refractivity (Wildman–Crippen MR) is 66.5 cm³/mol. The van der Waals surface area contributed by atoms with E-state index >= 15 is 0 Å². The molecule has 18 heavy (non-hydrogen) atoms. The Kier molecular flexibility index (Phi) is 3.27. The molecule has 94 valence electrons. The summed E-state index contributed by atoms with van der Waals surface area (Å²) in [4.78, 5) is 15.7. The Labute approximate surface area is 104 Å². The minimum absolute atomic E-state index is 0.111. The molecule has 0 aliphatic carbocycles. The number of anilines is 1. The first-order chi connectivity index (χ1) is 8.61. The van der Waals surface area contributed by atoms with Gasteiger partial charge in [-0.1, -0.05) is 0 Å². The number of rotatable bonds is 3. The standard InChI is InChI=1S/C12H14N4O2/c1-3-18-12(17)11-9(13)7-16(15-11)10-6-8(2)4-5-14-10/h4-7H,3,13H2,1-2H3. The zero-order chi connectivity index (χ0) is 13.1. The van der Waals surface area contributed by atoms with Crippen molar-refractivity contribution in [2.75, 3.05) is 12.3 Å². The molecule has 2 rings (SSSR count). The molecule has 0 aromatic carbocycles. The van der Waals surface area contributed by atoms with E-state index < -0.39 is 5.97 Å². The molecule has 0 spiro atoms. The Morgan fingerprint density at radius 2 is 2.33 bits per heavy atom. The lowest BCUT2D eigenvalue weighted by atomic mass is 10.3.